The van der Waals surface area contributed by atoms with Gasteiger partial charge < -0.3 is 9.84 Å². The van der Waals surface area contributed by atoms with Crippen LogP contribution in [0.4, 0.5) is 0 Å². The van der Waals surface area contributed by atoms with Crippen LogP contribution in [0.25, 0.3) is 0 Å². The van der Waals surface area contributed by atoms with Gasteiger partial charge in [0.15, 0.2) is 0 Å². The van der Waals surface area contributed by atoms with Gasteiger partial charge in [-0.2, -0.15) is 0 Å². The van der Waals surface area contributed by atoms with Gasteiger partial charge in [-0.25, -0.2) is 0 Å². The summed E-state index contributed by atoms with van der Waals surface area (Å²) in [7, 11) is 0. The summed E-state index contributed by atoms with van der Waals surface area (Å²) < 4.78 is 5.66. The van der Waals surface area contributed by atoms with Crippen molar-refractivity contribution in [1.29, 1.82) is 0 Å². The molecule has 0 bridgehead atoms. The SMILES string of the molecule is CC(=O)OC1CC[C@H]2[C@@H]3C=CC4=CC(O)C=C[C@@H]4[C@H]3CC[C@]12C. The molecule has 0 aromatic carbocycles. The largest absolute Gasteiger partial charge is 0.462 e. The molecule has 0 spiro atoms. The lowest BCUT2D eigenvalue weighted by Crippen LogP contribution is -2.46. The molecule has 0 saturated heterocycles. The van der Waals surface area contributed by atoms with Gasteiger partial charge >= 0.3 is 5.97 Å². The van der Waals surface area contributed by atoms with Gasteiger partial charge in [-0.05, 0) is 55.1 Å². The lowest BCUT2D eigenvalue weighted by atomic mass is 9.54. The van der Waals surface area contributed by atoms with Gasteiger partial charge in [0, 0.05) is 18.3 Å². The van der Waals surface area contributed by atoms with Gasteiger partial charge in [0.2, 0.25) is 0 Å². The zero-order valence-electron chi connectivity index (χ0n) is 13.9. The fourth-order valence-electron chi connectivity index (χ4n) is 5.75. The fraction of sp³-hybridized carbons (Fsp3) is 0.650. The van der Waals surface area contributed by atoms with E-state index in [4.69, 9.17) is 4.74 Å². The third kappa shape index (κ3) is 2.32. The van der Waals surface area contributed by atoms with Gasteiger partial charge in [0.1, 0.15) is 6.10 Å². The van der Waals surface area contributed by atoms with Crippen LogP contribution in [0.3, 0.4) is 0 Å². The molecule has 23 heavy (non-hydrogen) atoms. The summed E-state index contributed by atoms with van der Waals surface area (Å²) >= 11 is 0. The Morgan fingerprint density at radius 3 is 2.87 bits per heavy atom. The van der Waals surface area contributed by atoms with E-state index in [0.717, 1.165) is 19.3 Å². The quantitative estimate of drug-likeness (QED) is 0.596. The van der Waals surface area contributed by atoms with E-state index in [1.165, 1.54) is 18.9 Å². The smallest absolute Gasteiger partial charge is 0.302 e. The van der Waals surface area contributed by atoms with Crippen LogP contribution in [0.15, 0.2) is 36.0 Å². The highest BCUT2D eigenvalue weighted by Crippen LogP contribution is 2.60. The summed E-state index contributed by atoms with van der Waals surface area (Å²) in [5, 5.41) is 9.81. The van der Waals surface area contributed by atoms with Crippen molar-refractivity contribution >= 4 is 5.97 Å². The lowest BCUT2D eigenvalue weighted by molar-refractivity contribution is -0.154. The van der Waals surface area contributed by atoms with Gasteiger partial charge in [0.25, 0.3) is 0 Å². The first-order valence-corrected chi connectivity index (χ1v) is 8.92. The first-order valence-electron chi connectivity index (χ1n) is 8.92. The van der Waals surface area contributed by atoms with Crippen LogP contribution in [0.5, 0.6) is 0 Å². The molecule has 0 aromatic rings. The van der Waals surface area contributed by atoms with Gasteiger partial charge in [0.05, 0.1) is 6.10 Å². The van der Waals surface area contributed by atoms with E-state index < -0.39 is 6.10 Å². The topological polar surface area (TPSA) is 46.5 Å². The van der Waals surface area contributed by atoms with Crippen LogP contribution in [-0.4, -0.2) is 23.3 Å². The van der Waals surface area contributed by atoms with Crippen LogP contribution >= 0.6 is 0 Å². The molecule has 4 aliphatic carbocycles. The van der Waals surface area contributed by atoms with Crippen molar-refractivity contribution < 1.29 is 14.6 Å². The minimum atomic E-state index is -0.434. The minimum Gasteiger partial charge on any atom is -0.462 e. The molecular weight excluding hydrogens is 288 g/mol. The molecule has 4 rings (SSSR count). The number of ether oxygens (including phenoxy) is 1. The maximum atomic E-state index is 11.4. The number of fused-ring (bicyclic) bond motifs is 5. The molecule has 1 N–H and O–H groups in total. The summed E-state index contributed by atoms with van der Waals surface area (Å²) in [5.41, 5.74) is 1.40. The maximum Gasteiger partial charge on any atom is 0.302 e. The Hall–Kier alpha value is -1.35. The summed E-state index contributed by atoms with van der Waals surface area (Å²) in [6, 6.07) is 0. The molecule has 2 saturated carbocycles. The van der Waals surface area contributed by atoms with Gasteiger partial charge in [-0.1, -0.05) is 31.2 Å². The number of esters is 1. The number of aliphatic hydroxyl groups excluding tert-OH is 1. The van der Waals surface area contributed by atoms with Crippen molar-refractivity contribution in [2.45, 2.75) is 51.7 Å². The number of hydrogen-bond donors (Lipinski definition) is 1. The van der Waals surface area contributed by atoms with Crippen LogP contribution in [-0.2, 0) is 9.53 Å². The number of rotatable bonds is 1. The van der Waals surface area contributed by atoms with Crippen molar-refractivity contribution in [3.8, 4) is 0 Å². The Bertz CT molecular complexity index is 602. The summed E-state index contributed by atoms with van der Waals surface area (Å²) in [6.45, 7) is 3.85. The molecule has 0 heterocycles. The number of allylic oxidation sites excluding steroid dienone is 4. The van der Waals surface area contributed by atoms with Crippen molar-refractivity contribution in [2.24, 2.45) is 29.1 Å². The van der Waals surface area contributed by atoms with Crippen molar-refractivity contribution in [1.82, 2.24) is 0 Å². The molecule has 0 aliphatic heterocycles. The second kappa shape index (κ2) is 5.34. The highest BCUT2D eigenvalue weighted by molar-refractivity contribution is 5.66. The second-order valence-corrected chi connectivity index (χ2v) is 7.99. The Morgan fingerprint density at radius 2 is 2.09 bits per heavy atom. The Balaban J connectivity index is 1.62. The van der Waals surface area contributed by atoms with E-state index in [1.807, 2.05) is 12.2 Å². The zero-order valence-corrected chi connectivity index (χ0v) is 13.9. The lowest BCUT2D eigenvalue weighted by Gasteiger charge is -2.51. The predicted octanol–water partition coefficient (Wildman–Crippen LogP) is 3.40. The molecule has 124 valence electrons. The van der Waals surface area contributed by atoms with E-state index in [-0.39, 0.29) is 17.5 Å². The highest BCUT2D eigenvalue weighted by atomic mass is 16.5. The number of carbonyl (C=O) groups excluding carboxylic acids is 1. The predicted molar refractivity (Wildman–Crippen MR) is 88.5 cm³/mol. The molecule has 2 unspecified atom stereocenters. The highest BCUT2D eigenvalue weighted by Gasteiger charge is 2.56. The second-order valence-electron chi connectivity index (χ2n) is 7.99. The molecule has 7 atom stereocenters. The number of hydrogen-bond acceptors (Lipinski definition) is 3. The van der Waals surface area contributed by atoms with Crippen molar-refractivity contribution in [2.75, 3.05) is 0 Å². The Labute approximate surface area is 138 Å². The molecule has 0 amide bonds. The van der Waals surface area contributed by atoms with Gasteiger partial charge in [-0.3, -0.25) is 4.79 Å². The molecule has 2 fully saturated rings. The van der Waals surface area contributed by atoms with Crippen LogP contribution in [0.1, 0.15) is 39.5 Å². The molecule has 0 aromatic heterocycles. The monoisotopic (exact) mass is 314 g/mol. The summed E-state index contributed by atoms with van der Waals surface area (Å²) in [6.07, 6.45) is 14.8. The average Bonchev–Trinajstić information content (AvgIpc) is 2.83. The average molecular weight is 314 g/mol. The van der Waals surface area contributed by atoms with Crippen LogP contribution in [0, 0.1) is 29.1 Å². The first-order chi connectivity index (χ1) is 11.0. The van der Waals surface area contributed by atoms with E-state index >= 15 is 0 Å². The Kier molecular flexibility index (Phi) is 3.53. The number of aliphatic hydroxyl groups is 1. The molecule has 4 aliphatic rings. The van der Waals surface area contributed by atoms with E-state index in [9.17, 15) is 9.90 Å². The van der Waals surface area contributed by atoms with Crippen LogP contribution < -0.4 is 0 Å². The van der Waals surface area contributed by atoms with Crippen molar-refractivity contribution in [3.63, 3.8) is 0 Å². The van der Waals surface area contributed by atoms with E-state index in [2.05, 4.69) is 25.2 Å². The first kappa shape index (κ1) is 15.2. The third-order valence-electron chi connectivity index (χ3n) is 6.84. The molecule has 0 radical (unpaired) electrons. The number of carbonyl (C=O) groups is 1. The maximum absolute atomic E-state index is 11.4. The van der Waals surface area contributed by atoms with Crippen LogP contribution in [0.2, 0.25) is 0 Å². The molecule has 3 heteroatoms. The van der Waals surface area contributed by atoms with E-state index in [0.29, 0.717) is 23.7 Å². The molecule has 3 nitrogen and oxygen atoms in total. The fourth-order valence-corrected chi connectivity index (χ4v) is 5.75. The summed E-state index contributed by atoms with van der Waals surface area (Å²) in [5.74, 6) is 2.10. The minimum absolute atomic E-state index is 0.0833. The molecular formula is C20H26O3. The standard InChI is InChI=1S/C20H26O3/c1-12(21)23-19-8-7-18-17-5-3-13-11-14(22)4-6-15(13)16(17)9-10-20(18,19)2/h3-6,11,14-19,22H,7-10H2,1-2H3/t14?,15-,16+,17+,18-,19?,20-/m0/s1. The van der Waals surface area contributed by atoms with Gasteiger partial charge in [-0.15, -0.1) is 0 Å². The van der Waals surface area contributed by atoms with E-state index in [1.54, 1.807) is 0 Å². The Morgan fingerprint density at radius 1 is 1.26 bits per heavy atom. The summed E-state index contributed by atoms with van der Waals surface area (Å²) in [4.78, 5) is 11.4. The van der Waals surface area contributed by atoms with Crippen molar-refractivity contribution in [3.05, 3.63) is 36.0 Å². The third-order valence-corrected chi connectivity index (χ3v) is 6.84. The zero-order chi connectivity index (χ0) is 16.2. The normalized spacial score (nSPS) is 47.3.